The molecule has 2 N–H and O–H groups in total. The van der Waals surface area contributed by atoms with Crippen LogP contribution in [0.2, 0.25) is 0 Å². The predicted molar refractivity (Wildman–Crippen MR) is 81.5 cm³/mol. The lowest BCUT2D eigenvalue weighted by molar-refractivity contribution is -0.116. The summed E-state index contributed by atoms with van der Waals surface area (Å²) < 4.78 is 5.33. The fourth-order valence-corrected chi connectivity index (χ4v) is 2.80. The second kappa shape index (κ2) is 6.87. The largest absolute Gasteiger partial charge is 0.378 e. The number of nitrogens with zero attached hydrogens (tertiary/aromatic N) is 2. The van der Waals surface area contributed by atoms with E-state index >= 15 is 0 Å². The van der Waals surface area contributed by atoms with Gasteiger partial charge in [0.1, 0.15) is 5.82 Å². The van der Waals surface area contributed by atoms with E-state index in [0.717, 1.165) is 57.3 Å². The third kappa shape index (κ3) is 3.92. The van der Waals surface area contributed by atoms with Crippen LogP contribution >= 0.6 is 0 Å². The van der Waals surface area contributed by atoms with Crippen LogP contribution in [0, 0.1) is 5.92 Å². The summed E-state index contributed by atoms with van der Waals surface area (Å²) in [5.41, 5.74) is 0.767. The molecule has 3 heterocycles. The standard InChI is InChI=1S/C15H22N4O2/c20-15(9-12-3-4-16-10-12)18-13-1-2-14(17-11-13)19-5-7-21-8-6-19/h1-2,11-12,16H,3-10H2,(H,18,20). The first-order valence-corrected chi connectivity index (χ1v) is 7.60. The van der Waals surface area contributed by atoms with Gasteiger partial charge in [-0.3, -0.25) is 4.79 Å². The van der Waals surface area contributed by atoms with Crippen LogP contribution in [0.3, 0.4) is 0 Å². The molecule has 1 aromatic rings. The van der Waals surface area contributed by atoms with Gasteiger partial charge in [-0.1, -0.05) is 0 Å². The Morgan fingerprint density at radius 3 is 2.95 bits per heavy atom. The van der Waals surface area contributed by atoms with E-state index in [4.69, 9.17) is 4.74 Å². The molecule has 21 heavy (non-hydrogen) atoms. The molecule has 0 aromatic carbocycles. The van der Waals surface area contributed by atoms with Crippen molar-refractivity contribution in [2.75, 3.05) is 49.6 Å². The third-order valence-corrected chi connectivity index (χ3v) is 4.00. The highest BCUT2D eigenvalue weighted by molar-refractivity contribution is 5.90. The monoisotopic (exact) mass is 290 g/mol. The Labute approximate surface area is 124 Å². The maximum absolute atomic E-state index is 12.0. The fraction of sp³-hybridized carbons (Fsp3) is 0.600. The van der Waals surface area contributed by atoms with E-state index in [0.29, 0.717) is 12.3 Å². The lowest BCUT2D eigenvalue weighted by Crippen LogP contribution is -2.36. The van der Waals surface area contributed by atoms with Crippen LogP contribution < -0.4 is 15.5 Å². The summed E-state index contributed by atoms with van der Waals surface area (Å²) in [6.07, 6.45) is 3.40. The quantitative estimate of drug-likeness (QED) is 0.861. The van der Waals surface area contributed by atoms with Crippen molar-refractivity contribution in [1.82, 2.24) is 10.3 Å². The van der Waals surface area contributed by atoms with Crippen LogP contribution in [0.1, 0.15) is 12.8 Å². The predicted octanol–water partition coefficient (Wildman–Crippen LogP) is 0.856. The van der Waals surface area contributed by atoms with Gasteiger partial charge in [-0.05, 0) is 37.6 Å². The topological polar surface area (TPSA) is 66.5 Å². The first-order valence-electron chi connectivity index (χ1n) is 7.60. The smallest absolute Gasteiger partial charge is 0.224 e. The summed E-state index contributed by atoms with van der Waals surface area (Å²) >= 11 is 0. The van der Waals surface area contributed by atoms with Gasteiger partial charge in [-0.2, -0.15) is 0 Å². The van der Waals surface area contributed by atoms with Crippen LogP contribution in [-0.4, -0.2) is 50.3 Å². The average molecular weight is 290 g/mol. The number of hydrogen-bond acceptors (Lipinski definition) is 5. The SMILES string of the molecule is O=C(CC1CCNC1)Nc1ccc(N2CCOCC2)nc1. The molecule has 0 radical (unpaired) electrons. The Morgan fingerprint density at radius 1 is 1.43 bits per heavy atom. The first kappa shape index (κ1) is 14.3. The molecule has 0 spiro atoms. The maximum atomic E-state index is 12.0. The summed E-state index contributed by atoms with van der Waals surface area (Å²) in [6.45, 7) is 5.20. The highest BCUT2D eigenvalue weighted by Crippen LogP contribution is 2.17. The molecule has 2 aliphatic heterocycles. The molecular formula is C15H22N4O2. The number of hydrogen-bond donors (Lipinski definition) is 2. The Kier molecular flexibility index (Phi) is 4.67. The van der Waals surface area contributed by atoms with Crippen molar-refractivity contribution in [3.8, 4) is 0 Å². The van der Waals surface area contributed by atoms with Crippen molar-refractivity contribution in [2.45, 2.75) is 12.8 Å². The molecule has 6 heteroatoms. The van der Waals surface area contributed by atoms with Crippen molar-refractivity contribution in [2.24, 2.45) is 5.92 Å². The Balaban J connectivity index is 1.52. The molecule has 1 aromatic heterocycles. The number of nitrogens with one attached hydrogen (secondary N) is 2. The molecule has 0 saturated carbocycles. The van der Waals surface area contributed by atoms with E-state index < -0.39 is 0 Å². The molecule has 2 saturated heterocycles. The zero-order chi connectivity index (χ0) is 14.5. The number of anilines is 2. The number of ether oxygens (including phenoxy) is 1. The van der Waals surface area contributed by atoms with Crippen LogP contribution in [-0.2, 0) is 9.53 Å². The van der Waals surface area contributed by atoms with Gasteiger partial charge in [-0.15, -0.1) is 0 Å². The Bertz CT molecular complexity index is 465. The van der Waals surface area contributed by atoms with Crippen molar-refractivity contribution in [1.29, 1.82) is 0 Å². The van der Waals surface area contributed by atoms with Gasteiger partial charge in [0.25, 0.3) is 0 Å². The first-order chi connectivity index (χ1) is 10.3. The second-order valence-corrected chi connectivity index (χ2v) is 5.62. The van der Waals surface area contributed by atoms with Crippen LogP contribution in [0.15, 0.2) is 18.3 Å². The van der Waals surface area contributed by atoms with E-state index in [1.54, 1.807) is 6.20 Å². The van der Waals surface area contributed by atoms with Crippen LogP contribution in [0.4, 0.5) is 11.5 Å². The summed E-state index contributed by atoms with van der Waals surface area (Å²) in [7, 11) is 0. The molecule has 1 unspecified atom stereocenters. The molecule has 3 rings (SSSR count). The van der Waals surface area contributed by atoms with Crippen LogP contribution in [0.25, 0.3) is 0 Å². The lowest BCUT2D eigenvalue weighted by atomic mass is 10.0. The van der Waals surface area contributed by atoms with Crippen LogP contribution in [0.5, 0.6) is 0 Å². The zero-order valence-corrected chi connectivity index (χ0v) is 12.2. The lowest BCUT2D eigenvalue weighted by Gasteiger charge is -2.27. The van der Waals surface area contributed by atoms with Gasteiger partial charge in [0.05, 0.1) is 25.1 Å². The molecular weight excluding hydrogens is 268 g/mol. The Hall–Kier alpha value is -1.66. The van der Waals surface area contributed by atoms with E-state index in [-0.39, 0.29) is 5.91 Å². The van der Waals surface area contributed by atoms with Gasteiger partial charge in [0.2, 0.25) is 5.91 Å². The van der Waals surface area contributed by atoms with Gasteiger partial charge >= 0.3 is 0 Å². The summed E-state index contributed by atoms with van der Waals surface area (Å²) in [4.78, 5) is 18.6. The highest BCUT2D eigenvalue weighted by Gasteiger charge is 2.18. The fourth-order valence-electron chi connectivity index (χ4n) is 2.80. The minimum atomic E-state index is 0.0737. The molecule has 0 bridgehead atoms. The summed E-state index contributed by atoms with van der Waals surface area (Å²) in [5, 5.41) is 6.20. The number of rotatable bonds is 4. The van der Waals surface area contributed by atoms with E-state index in [1.165, 1.54) is 0 Å². The van der Waals surface area contributed by atoms with E-state index in [2.05, 4.69) is 20.5 Å². The van der Waals surface area contributed by atoms with Crippen molar-refractivity contribution >= 4 is 17.4 Å². The molecule has 114 valence electrons. The third-order valence-electron chi connectivity index (χ3n) is 4.00. The van der Waals surface area contributed by atoms with Crippen molar-refractivity contribution in [3.63, 3.8) is 0 Å². The molecule has 1 atom stereocenters. The number of carbonyl (C=O) groups excluding carboxylic acids is 1. The summed E-state index contributed by atoms with van der Waals surface area (Å²) in [6, 6.07) is 3.88. The van der Waals surface area contributed by atoms with Gasteiger partial charge in [-0.25, -0.2) is 4.98 Å². The minimum Gasteiger partial charge on any atom is -0.378 e. The van der Waals surface area contributed by atoms with Crippen molar-refractivity contribution in [3.05, 3.63) is 18.3 Å². The number of morpholine rings is 1. The minimum absolute atomic E-state index is 0.0737. The normalized spacial score (nSPS) is 22.3. The summed E-state index contributed by atoms with van der Waals surface area (Å²) in [5.74, 6) is 1.48. The highest BCUT2D eigenvalue weighted by atomic mass is 16.5. The Morgan fingerprint density at radius 2 is 2.29 bits per heavy atom. The van der Waals surface area contributed by atoms with Crippen molar-refractivity contribution < 1.29 is 9.53 Å². The van der Waals surface area contributed by atoms with Gasteiger partial charge < -0.3 is 20.3 Å². The molecule has 1 amide bonds. The van der Waals surface area contributed by atoms with E-state index in [1.807, 2.05) is 12.1 Å². The molecule has 0 aliphatic carbocycles. The molecule has 2 aliphatic rings. The maximum Gasteiger partial charge on any atom is 0.224 e. The van der Waals surface area contributed by atoms with Gasteiger partial charge in [0.15, 0.2) is 0 Å². The average Bonchev–Trinajstić information content (AvgIpc) is 3.02. The number of amides is 1. The number of carbonyl (C=O) groups is 1. The zero-order valence-electron chi connectivity index (χ0n) is 12.2. The van der Waals surface area contributed by atoms with Gasteiger partial charge in [0, 0.05) is 19.5 Å². The van der Waals surface area contributed by atoms with E-state index in [9.17, 15) is 4.79 Å². The molecule has 6 nitrogen and oxygen atoms in total. The number of pyridine rings is 1. The second-order valence-electron chi connectivity index (χ2n) is 5.62. The molecule has 2 fully saturated rings. The number of aromatic nitrogens is 1.